The normalized spacial score (nSPS) is 16.3. The van der Waals surface area contributed by atoms with Crippen molar-refractivity contribution < 1.29 is 5.11 Å². The number of halogens is 1. The summed E-state index contributed by atoms with van der Waals surface area (Å²) in [4.78, 5) is 1.49. The molecule has 0 bridgehead atoms. The summed E-state index contributed by atoms with van der Waals surface area (Å²) >= 11 is 6.03. The summed E-state index contributed by atoms with van der Waals surface area (Å²) < 4.78 is 0. The second kappa shape index (κ2) is 8.87. The van der Waals surface area contributed by atoms with Crippen molar-refractivity contribution >= 4 is 22.6 Å². The van der Waals surface area contributed by atoms with Gasteiger partial charge in [0, 0.05) is 5.02 Å². The summed E-state index contributed by atoms with van der Waals surface area (Å²) in [6.45, 7) is 9.93. The molecule has 0 fully saturated rings. The predicted octanol–water partition coefficient (Wildman–Crippen LogP) is 4.21. The fraction of sp³-hybridized carbons (Fsp3) is 0.476. The molecule has 1 aromatic carbocycles. The van der Waals surface area contributed by atoms with Crippen LogP contribution in [0.2, 0.25) is 5.02 Å². The lowest BCUT2D eigenvalue weighted by molar-refractivity contribution is 0.0776. The van der Waals surface area contributed by atoms with Crippen LogP contribution in [0, 0.1) is 16.7 Å². The third-order valence-electron chi connectivity index (χ3n) is 4.75. The van der Waals surface area contributed by atoms with Crippen molar-refractivity contribution in [1.82, 2.24) is 20.3 Å². The molecule has 0 spiro atoms. The van der Waals surface area contributed by atoms with Crippen molar-refractivity contribution in [3.8, 4) is 6.07 Å². The Morgan fingerprint density at radius 2 is 2.04 bits per heavy atom. The average Bonchev–Trinajstić information content (AvgIpc) is 2.99. The number of hydrogen-bond acceptors (Lipinski definition) is 5. The summed E-state index contributed by atoms with van der Waals surface area (Å²) in [5.41, 5.74) is 0.786. The van der Waals surface area contributed by atoms with E-state index in [1.807, 2.05) is 46.8 Å². The number of fused-ring (bicyclic) bond motifs is 1. The fourth-order valence-electron chi connectivity index (χ4n) is 2.89. The SMILES string of the molecule is C/C=C/C/C(C)=C\C(O)NC(C#N)(Cn1nc2ccc(Cl)cc2n1)C(C)(C)C. The highest BCUT2D eigenvalue weighted by atomic mass is 35.5. The minimum atomic E-state index is -1.09. The molecule has 150 valence electrons. The Balaban J connectivity index is 2.33. The van der Waals surface area contributed by atoms with Crippen LogP contribution in [-0.2, 0) is 6.54 Å². The smallest absolute Gasteiger partial charge is 0.135 e. The molecule has 6 nitrogen and oxygen atoms in total. The molecular weight excluding hydrogens is 374 g/mol. The number of benzene rings is 1. The minimum absolute atomic E-state index is 0.179. The van der Waals surface area contributed by atoms with Gasteiger partial charge < -0.3 is 5.11 Å². The Morgan fingerprint density at radius 3 is 2.64 bits per heavy atom. The van der Waals surface area contributed by atoms with E-state index in [1.54, 1.807) is 24.3 Å². The number of allylic oxidation sites excluding steroid dienone is 3. The molecule has 1 aromatic heterocycles. The van der Waals surface area contributed by atoms with Gasteiger partial charge in [0.25, 0.3) is 0 Å². The zero-order valence-electron chi connectivity index (χ0n) is 17.1. The van der Waals surface area contributed by atoms with Gasteiger partial charge >= 0.3 is 0 Å². The molecule has 2 N–H and O–H groups in total. The van der Waals surface area contributed by atoms with Gasteiger partial charge in [-0.15, -0.1) is 0 Å². The standard InChI is InChI=1S/C21H28ClN5O/c1-6-7-8-15(2)11-19(28)24-21(13-23,20(3,4)5)14-27-25-17-10-9-16(22)12-18(17)26-27/h6-7,9-12,19,24,28H,8,14H2,1-5H3/b7-6+,15-11-. The Kier molecular flexibility index (Phi) is 7.00. The summed E-state index contributed by atoms with van der Waals surface area (Å²) in [6.07, 6.45) is 5.49. The van der Waals surface area contributed by atoms with Crippen LogP contribution in [0.25, 0.3) is 11.0 Å². The highest BCUT2D eigenvalue weighted by molar-refractivity contribution is 6.31. The monoisotopic (exact) mass is 401 g/mol. The molecule has 2 rings (SSSR count). The first kappa shape index (κ1) is 22.1. The van der Waals surface area contributed by atoms with E-state index in [0.717, 1.165) is 12.0 Å². The van der Waals surface area contributed by atoms with Crippen LogP contribution in [0.15, 0.2) is 42.0 Å². The Hall–Kier alpha value is -2.20. The van der Waals surface area contributed by atoms with Gasteiger partial charge in [0.1, 0.15) is 22.8 Å². The quantitative estimate of drug-likeness (QED) is 0.536. The molecule has 0 saturated carbocycles. The Bertz CT molecular complexity index is 919. The fourth-order valence-corrected chi connectivity index (χ4v) is 3.05. The number of aliphatic hydroxyl groups excluding tert-OH is 1. The van der Waals surface area contributed by atoms with Crippen molar-refractivity contribution in [3.05, 3.63) is 47.0 Å². The Labute approximate surface area is 171 Å². The van der Waals surface area contributed by atoms with Crippen molar-refractivity contribution in [2.45, 2.75) is 59.4 Å². The van der Waals surface area contributed by atoms with Gasteiger partial charge in [-0.25, -0.2) is 0 Å². The van der Waals surface area contributed by atoms with Crippen LogP contribution in [0.4, 0.5) is 0 Å². The zero-order chi connectivity index (χ0) is 20.9. The van der Waals surface area contributed by atoms with Crippen molar-refractivity contribution in [2.24, 2.45) is 5.41 Å². The molecule has 28 heavy (non-hydrogen) atoms. The van der Waals surface area contributed by atoms with Gasteiger partial charge in [0.2, 0.25) is 0 Å². The topological polar surface area (TPSA) is 86.8 Å². The number of nitrogens with one attached hydrogen (secondary N) is 1. The lowest BCUT2D eigenvalue weighted by Gasteiger charge is -2.40. The number of nitriles is 1. The predicted molar refractivity (Wildman–Crippen MR) is 113 cm³/mol. The number of aromatic nitrogens is 3. The Morgan fingerprint density at radius 1 is 1.36 bits per heavy atom. The van der Waals surface area contributed by atoms with E-state index in [1.165, 1.54) is 4.80 Å². The minimum Gasteiger partial charge on any atom is -0.375 e. The average molecular weight is 402 g/mol. The van der Waals surface area contributed by atoms with Crippen LogP contribution in [-0.4, -0.2) is 31.9 Å². The number of rotatable bonds is 7. The van der Waals surface area contributed by atoms with E-state index in [4.69, 9.17) is 11.6 Å². The summed E-state index contributed by atoms with van der Waals surface area (Å²) in [6, 6.07) is 7.65. The molecule has 0 amide bonds. The summed E-state index contributed by atoms with van der Waals surface area (Å²) in [5.74, 6) is 0. The highest BCUT2D eigenvalue weighted by Gasteiger charge is 2.44. The largest absolute Gasteiger partial charge is 0.375 e. The maximum absolute atomic E-state index is 10.6. The summed E-state index contributed by atoms with van der Waals surface area (Å²) in [7, 11) is 0. The van der Waals surface area contributed by atoms with Crippen LogP contribution in [0.5, 0.6) is 0 Å². The van der Waals surface area contributed by atoms with Crippen LogP contribution >= 0.6 is 11.6 Å². The van der Waals surface area contributed by atoms with Gasteiger partial charge in [-0.2, -0.15) is 20.3 Å². The molecule has 0 radical (unpaired) electrons. The highest BCUT2D eigenvalue weighted by Crippen LogP contribution is 2.32. The molecule has 2 unspecified atom stereocenters. The van der Waals surface area contributed by atoms with Crippen molar-refractivity contribution in [1.29, 1.82) is 5.26 Å². The van der Waals surface area contributed by atoms with Crippen LogP contribution in [0.3, 0.4) is 0 Å². The van der Waals surface area contributed by atoms with E-state index in [0.29, 0.717) is 16.1 Å². The number of hydrogen-bond donors (Lipinski definition) is 2. The van der Waals surface area contributed by atoms with E-state index in [2.05, 4.69) is 21.6 Å². The third kappa shape index (κ3) is 5.20. The molecule has 7 heteroatoms. The van der Waals surface area contributed by atoms with Crippen molar-refractivity contribution in [3.63, 3.8) is 0 Å². The molecule has 2 atom stereocenters. The van der Waals surface area contributed by atoms with Crippen LogP contribution in [0.1, 0.15) is 41.0 Å². The van der Waals surface area contributed by atoms with Gasteiger partial charge in [0.05, 0.1) is 12.6 Å². The molecule has 1 heterocycles. The first-order valence-corrected chi connectivity index (χ1v) is 9.64. The molecular formula is C21H28ClN5O. The van der Waals surface area contributed by atoms with E-state index >= 15 is 0 Å². The first-order chi connectivity index (χ1) is 13.1. The third-order valence-corrected chi connectivity index (χ3v) is 4.98. The van der Waals surface area contributed by atoms with Gasteiger partial charge in [-0.3, -0.25) is 5.32 Å². The zero-order valence-corrected chi connectivity index (χ0v) is 17.8. The van der Waals surface area contributed by atoms with E-state index in [-0.39, 0.29) is 6.54 Å². The van der Waals surface area contributed by atoms with Crippen LogP contribution < -0.4 is 5.32 Å². The second-order valence-electron chi connectivity index (χ2n) is 8.01. The maximum Gasteiger partial charge on any atom is 0.135 e. The maximum atomic E-state index is 10.6. The summed E-state index contributed by atoms with van der Waals surface area (Å²) in [5, 5.41) is 33.2. The van der Waals surface area contributed by atoms with Gasteiger partial charge in [0.15, 0.2) is 0 Å². The van der Waals surface area contributed by atoms with Crippen molar-refractivity contribution in [2.75, 3.05) is 0 Å². The van der Waals surface area contributed by atoms with E-state index < -0.39 is 17.2 Å². The lowest BCUT2D eigenvalue weighted by atomic mass is 9.74. The van der Waals surface area contributed by atoms with Gasteiger partial charge in [-0.1, -0.05) is 50.1 Å². The molecule has 2 aromatic rings. The molecule has 0 aliphatic carbocycles. The van der Waals surface area contributed by atoms with Gasteiger partial charge in [-0.05, 0) is 50.0 Å². The first-order valence-electron chi connectivity index (χ1n) is 9.26. The van der Waals surface area contributed by atoms with E-state index in [9.17, 15) is 10.4 Å². The number of aliphatic hydroxyl groups is 1. The second-order valence-corrected chi connectivity index (χ2v) is 8.44. The number of nitrogens with zero attached hydrogens (tertiary/aromatic N) is 4. The molecule has 0 saturated heterocycles. The lowest BCUT2D eigenvalue weighted by Crippen LogP contribution is -2.60. The molecule has 0 aliphatic heterocycles. The molecule has 0 aliphatic rings.